The molecule has 3 heterocycles. The van der Waals surface area contributed by atoms with E-state index in [0.29, 0.717) is 45.3 Å². The Labute approximate surface area is 181 Å². The minimum atomic E-state index is -0.494. The van der Waals surface area contributed by atoms with Crippen LogP contribution in [0.4, 0.5) is 0 Å². The molecule has 5 rings (SSSR count). The Kier molecular flexibility index (Phi) is 5.37. The zero-order valence-corrected chi connectivity index (χ0v) is 18.0. The molecule has 1 aromatic carbocycles. The number of nitrogens with zero attached hydrogens (tertiary/aromatic N) is 2. The molecule has 158 valence electrons. The van der Waals surface area contributed by atoms with Crippen LogP contribution in [-0.4, -0.2) is 61.0 Å². The van der Waals surface area contributed by atoms with Crippen molar-refractivity contribution in [2.45, 2.75) is 30.6 Å². The zero-order valence-electron chi connectivity index (χ0n) is 17.2. The summed E-state index contributed by atoms with van der Waals surface area (Å²) in [5.74, 6) is 1.01. The maximum atomic E-state index is 13.7. The molecule has 2 aliphatic heterocycles. The van der Waals surface area contributed by atoms with Crippen LogP contribution < -0.4 is 0 Å². The van der Waals surface area contributed by atoms with E-state index < -0.39 is 5.41 Å². The number of ether oxygens (including phenoxy) is 1. The summed E-state index contributed by atoms with van der Waals surface area (Å²) in [5, 5.41) is 2.08. The van der Waals surface area contributed by atoms with Crippen LogP contribution in [-0.2, 0) is 19.7 Å². The highest BCUT2D eigenvalue weighted by Gasteiger charge is 2.48. The molecule has 0 spiro atoms. The predicted octanol–water partition coefficient (Wildman–Crippen LogP) is 3.27. The smallest absolute Gasteiger partial charge is 0.233 e. The van der Waals surface area contributed by atoms with Gasteiger partial charge in [0, 0.05) is 56.1 Å². The van der Waals surface area contributed by atoms with Gasteiger partial charge < -0.3 is 14.5 Å². The summed E-state index contributed by atoms with van der Waals surface area (Å²) in [6, 6.07) is 14.3. The van der Waals surface area contributed by atoms with Crippen LogP contribution in [0.5, 0.6) is 0 Å². The van der Waals surface area contributed by atoms with E-state index in [1.165, 1.54) is 4.88 Å². The molecule has 1 saturated carbocycles. The summed E-state index contributed by atoms with van der Waals surface area (Å²) in [6.45, 7) is 3.75. The van der Waals surface area contributed by atoms with Gasteiger partial charge in [-0.15, -0.1) is 11.3 Å². The van der Waals surface area contributed by atoms with Crippen molar-refractivity contribution < 1.29 is 14.3 Å². The van der Waals surface area contributed by atoms with Crippen molar-refractivity contribution in [3.63, 3.8) is 0 Å². The van der Waals surface area contributed by atoms with Gasteiger partial charge in [-0.05, 0) is 36.3 Å². The predicted molar refractivity (Wildman–Crippen MR) is 117 cm³/mol. The number of carbonyl (C=O) groups excluding carboxylic acids is 2. The molecule has 0 unspecified atom stereocenters. The second-order valence-corrected chi connectivity index (χ2v) is 9.62. The molecule has 0 radical (unpaired) electrons. The highest BCUT2D eigenvalue weighted by molar-refractivity contribution is 7.10. The lowest BCUT2D eigenvalue weighted by atomic mass is 9.73. The Morgan fingerprint density at radius 3 is 2.30 bits per heavy atom. The monoisotopic (exact) mass is 424 g/mol. The van der Waals surface area contributed by atoms with Gasteiger partial charge in [-0.1, -0.05) is 36.4 Å². The summed E-state index contributed by atoms with van der Waals surface area (Å²) in [4.78, 5) is 31.9. The van der Waals surface area contributed by atoms with E-state index in [1.807, 2.05) is 28.0 Å². The number of rotatable bonds is 4. The minimum Gasteiger partial charge on any atom is -0.381 e. The fourth-order valence-corrected chi connectivity index (χ4v) is 5.96. The van der Waals surface area contributed by atoms with Crippen molar-refractivity contribution >= 4 is 23.2 Å². The topological polar surface area (TPSA) is 49.9 Å². The normalized spacial score (nSPS) is 25.7. The van der Waals surface area contributed by atoms with Crippen LogP contribution in [0.25, 0.3) is 0 Å². The van der Waals surface area contributed by atoms with Crippen molar-refractivity contribution in [2.24, 2.45) is 5.92 Å². The standard InChI is InChI=1S/C24H28N2O3S/c27-22(20-17-19(20)21-7-4-16-30-21)25-10-12-26(13-11-25)23(28)24(8-14-29-15-9-24)18-5-2-1-3-6-18/h1-7,16,19-20H,8-15,17H2/t19-,20+/m1/s1. The first kappa shape index (κ1) is 19.8. The molecule has 0 bridgehead atoms. The lowest BCUT2D eigenvalue weighted by Crippen LogP contribution is -2.57. The van der Waals surface area contributed by atoms with Crippen molar-refractivity contribution in [3.05, 3.63) is 58.3 Å². The molecule has 2 saturated heterocycles. The molecule has 6 heteroatoms. The average Bonchev–Trinajstić information content (AvgIpc) is 3.43. The van der Waals surface area contributed by atoms with E-state index in [4.69, 9.17) is 4.74 Å². The maximum absolute atomic E-state index is 13.7. The molecule has 2 atom stereocenters. The first-order chi connectivity index (χ1) is 14.7. The Hall–Kier alpha value is -2.18. The van der Waals surface area contributed by atoms with Crippen LogP contribution in [0.3, 0.4) is 0 Å². The fourth-order valence-electron chi connectivity index (χ4n) is 5.05. The van der Waals surface area contributed by atoms with Gasteiger partial charge >= 0.3 is 0 Å². The molecule has 1 aliphatic carbocycles. The SMILES string of the molecule is O=C([C@H]1C[C@H]1c1cccs1)N1CCN(C(=O)C2(c3ccccc3)CCOCC2)CC1. The number of piperazine rings is 1. The third-order valence-corrected chi connectivity index (χ3v) is 7.98. The maximum Gasteiger partial charge on any atom is 0.233 e. The number of hydrogen-bond donors (Lipinski definition) is 0. The van der Waals surface area contributed by atoms with E-state index in [0.717, 1.165) is 24.8 Å². The largest absolute Gasteiger partial charge is 0.381 e. The third kappa shape index (κ3) is 3.56. The van der Waals surface area contributed by atoms with E-state index in [9.17, 15) is 9.59 Å². The number of benzene rings is 1. The van der Waals surface area contributed by atoms with Crippen molar-refractivity contribution in [1.82, 2.24) is 9.80 Å². The fraction of sp³-hybridized carbons (Fsp3) is 0.500. The molecule has 2 aromatic rings. The van der Waals surface area contributed by atoms with Gasteiger partial charge in [0.15, 0.2) is 0 Å². The summed E-state index contributed by atoms with van der Waals surface area (Å²) in [7, 11) is 0. The highest BCUT2D eigenvalue weighted by atomic mass is 32.1. The molecule has 2 amide bonds. The van der Waals surface area contributed by atoms with Crippen LogP contribution in [0, 0.1) is 5.92 Å². The van der Waals surface area contributed by atoms with Gasteiger partial charge in [0.05, 0.1) is 5.41 Å². The number of hydrogen-bond acceptors (Lipinski definition) is 4. The van der Waals surface area contributed by atoms with E-state index in [-0.39, 0.29) is 17.7 Å². The number of amides is 2. The molecule has 1 aromatic heterocycles. The van der Waals surface area contributed by atoms with Crippen LogP contribution in [0.15, 0.2) is 47.8 Å². The van der Waals surface area contributed by atoms with E-state index in [1.54, 1.807) is 11.3 Å². The minimum absolute atomic E-state index is 0.136. The van der Waals surface area contributed by atoms with Crippen LogP contribution in [0.2, 0.25) is 0 Å². The second kappa shape index (κ2) is 8.16. The van der Waals surface area contributed by atoms with E-state index >= 15 is 0 Å². The van der Waals surface area contributed by atoms with Gasteiger partial charge in [-0.3, -0.25) is 9.59 Å². The Bertz CT molecular complexity index is 884. The summed E-state index contributed by atoms with van der Waals surface area (Å²) >= 11 is 1.75. The highest BCUT2D eigenvalue weighted by Crippen LogP contribution is 2.50. The Morgan fingerprint density at radius 1 is 0.933 bits per heavy atom. The van der Waals surface area contributed by atoms with Crippen molar-refractivity contribution in [2.75, 3.05) is 39.4 Å². The number of thiophene rings is 1. The first-order valence-corrected chi connectivity index (χ1v) is 11.8. The quantitative estimate of drug-likeness (QED) is 0.757. The molecule has 5 nitrogen and oxygen atoms in total. The lowest BCUT2D eigenvalue weighted by Gasteiger charge is -2.43. The Morgan fingerprint density at radius 2 is 1.63 bits per heavy atom. The van der Waals surface area contributed by atoms with Crippen molar-refractivity contribution in [1.29, 1.82) is 0 Å². The van der Waals surface area contributed by atoms with E-state index in [2.05, 4.69) is 29.6 Å². The van der Waals surface area contributed by atoms with Gasteiger partial charge in [-0.2, -0.15) is 0 Å². The average molecular weight is 425 g/mol. The lowest BCUT2D eigenvalue weighted by molar-refractivity contribution is -0.146. The molecular formula is C24H28N2O3S. The Balaban J connectivity index is 1.23. The van der Waals surface area contributed by atoms with Crippen LogP contribution in [0.1, 0.15) is 35.6 Å². The van der Waals surface area contributed by atoms with Crippen molar-refractivity contribution in [3.8, 4) is 0 Å². The summed E-state index contributed by atoms with van der Waals surface area (Å²) in [5.41, 5.74) is 0.598. The molecule has 3 aliphatic rings. The van der Waals surface area contributed by atoms with Gasteiger partial charge in [0.25, 0.3) is 0 Å². The molecular weight excluding hydrogens is 396 g/mol. The summed E-state index contributed by atoms with van der Waals surface area (Å²) in [6.07, 6.45) is 2.41. The summed E-state index contributed by atoms with van der Waals surface area (Å²) < 4.78 is 5.58. The van der Waals surface area contributed by atoms with Gasteiger partial charge in [0.1, 0.15) is 0 Å². The van der Waals surface area contributed by atoms with Gasteiger partial charge in [-0.25, -0.2) is 0 Å². The van der Waals surface area contributed by atoms with Crippen LogP contribution >= 0.6 is 11.3 Å². The second-order valence-electron chi connectivity index (χ2n) is 8.64. The molecule has 3 fully saturated rings. The number of carbonyl (C=O) groups is 2. The molecule has 0 N–H and O–H groups in total. The first-order valence-electron chi connectivity index (χ1n) is 10.9. The van der Waals surface area contributed by atoms with Gasteiger partial charge in [0.2, 0.25) is 11.8 Å². The zero-order chi connectivity index (χ0) is 20.6. The third-order valence-electron chi connectivity index (χ3n) is 6.98. The molecule has 30 heavy (non-hydrogen) atoms.